The molecule has 1 amide bonds. The van der Waals surface area contributed by atoms with E-state index in [9.17, 15) is 9.90 Å². The van der Waals surface area contributed by atoms with Gasteiger partial charge >= 0.3 is 0 Å². The Hall–Kier alpha value is -3.09. The average molecular weight is 469 g/mol. The highest BCUT2D eigenvalue weighted by Gasteiger charge is 2.14. The molecule has 0 saturated carbocycles. The molecule has 0 aliphatic carbocycles. The Labute approximate surface area is 199 Å². The Bertz CT molecular complexity index is 1130. The fourth-order valence-electron chi connectivity index (χ4n) is 3.73. The highest BCUT2D eigenvalue weighted by Crippen LogP contribution is 2.35. The number of carbonyl (C=O) groups excluding carboxylic acids is 1. The van der Waals surface area contributed by atoms with Crippen molar-refractivity contribution < 1.29 is 19.2 Å². The Morgan fingerprint density at radius 2 is 1.97 bits per heavy atom. The van der Waals surface area contributed by atoms with Gasteiger partial charge in [0, 0.05) is 49.5 Å². The summed E-state index contributed by atoms with van der Waals surface area (Å²) in [4.78, 5) is 11.8. The third-order valence-corrected chi connectivity index (χ3v) is 5.73. The summed E-state index contributed by atoms with van der Waals surface area (Å²) < 4.78 is 7.50. The first-order valence-electron chi connectivity index (χ1n) is 11.2. The molecule has 0 aliphatic rings. The second kappa shape index (κ2) is 12.2. The van der Waals surface area contributed by atoms with Crippen LogP contribution in [0.1, 0.15) is 36.9 Å². The summed E-state index contributed by atoms with van der Waals surface area (Å²) in [6.45, 7) is 1.83. The number of aryl methyl sites for hydroxylation is 1. The van der Waals surface area contributed by atoms with Gasteiger partial charge in [-0.2, -0.15) is 4.57 Å². The Morgan fingerprint density at radius 1 is 1.15 bits per heavy atom. The van der Waals surface area contributed by atoms with Crippen molar-refractivity contribution in [1.82, 2.24) is 5.32 Å². The van der Waals surface area contributed by atoms with Gasteiger partial charge in [-0.3, -0.25) is 4.79 Å². The smallest absolute Gasteiger partial charge is 0.220 e. The molecule has 4 N–H and O–H groups in total. The number of phenols is 1. The van der Waals surface area contributed by atoms with E-state index in [1.165, 1.54) is 12.5 Å². The van der Waals surface area contributed by atoms with E-state index >= 15 is 0 Å². The Morgan fingerprint density at radius 3 is 2.76 bits per heavy atom. The van der Waals surface area contributed by atoms with E-state index in [1.54, 1.807) is 12.1 Å². The fraction of sp³-hybridized carbons (Fsp3) is 0.308. The van der Waals surface area contributed by atoms with E-state index in [2.05, 4.69) is 34.1 Å². The Balaban J connectivity index is 1.76. The van der Waals surface area contributed by atoms with E-state index in [1.807, 2.05) is 24.3 Å². The van der Waals surface area contributed by atoms with Crippen LogP contribution >= 0.6 is 11.6 Å². The fourth-order valence-corrected chi connectivity index (χ4v) is 3.95. The lowest BCUT2D eigenvalue weighted by Gasteiger charge is -2.07. The van der Waals surface area contributed by atoms with Crippen LogP contribution in [0.2, 0.25) is 5.02 Å². The van der Waals surface area contributed by atoms with Crippen molar-refractivity contribution in [2.45, 2.75) is 32.2 Å². The summed E-state index contributed by atoms with van der Waals surface area (Å²) >= 11 is 6.13. The molecule has 0 saturated heterocycles. The number of amides is 1. The number of benzene rings is 2. The lowest BCUT2D eigenvalue weighted by molar-refractivity contribution is -0.673. The summed E-state index contributed by atoms with van der Waals surface area (Å²) in [6.07, 6.45) is 7.28. The molecule has 6 nitrogen and oxygen atoms in total. The van der Waals surface area contributed by atoms with Crippen LogP contribution in [-0.2, 0) is 11.3 Å². The van der Waals surface area contributed by atoms with Crippen LogP contribution in [0.15, 0.2) is 48.5 Å². The molecule has 174 valence electrons. The number of carbonyl (C=O) groups is 1. The molecule has 3 rings (SSSR count). The molecule has 7 heteroatoms. The number of ether oxygens (including phenoxy) is 1. The van der Waals surface area contributed by atoms with E-state index in [0.717, 1.165) is 42.6 Å². The maximum absolute atomic E-state index is 11.8. The summed E-state index contributed by atoms with van der Waals surface area (Å²) in [5.74, 6) is 0.336. The van der Waals surface area contributed by atoms with Crippen LogP contribution in [0.4, 0.5) is 0 Å². The largest absolute Gasteiger partial charge is 0.503 e. The number of phenolic OH excluding ortho intramolecular Hbond substituents is 1. The molecule has 0 spiro atoms. The van der Waals surface area contributed by atoms with E-state index in [0.29, 0.717) is 25.3 Å². The second-order valence-electron chi connectivity index (χ2n) is 7.80. The first kappa shape index (κ1) is 24.6. The van der Waals surface area contributed by atoms with Gasteiger partial charge in [0.15, 0.2) is 11.5 Å². The summed E-state index contributed by atoms with van der Waals surface area (Å²) in [6, 6.07) is 16.0. The second-order valence-corrected chi connectivity index (χ2v) is 8.21. The highest BCUT2D eigenvalue weighted by molar-refractivity contribution is 6.32. The van der Waals surface area contributed by atoms with Gasteiger partial charge in [-0.1, -0.05) is 23.7 Å². The third kappa shape index (κ3) is 6.70. The monoisotopic (exact) mass is 468 g/mol. The van der Waals surface area contributed by atoms with Crippen molar-refractivity contribution in [3.8, 4) is 11.5 Å². The SMILES string of the molecule is COc1cc(/C=C/c2ccc3ccccc3[n+]2CCCCCC(=O)NCCN)cc(Cl)c1O. The number of hydrogen-bond acceptors (Lipinski definition) is 4. The van der Waals surface area contributed by atoms with Crippen molar-refractivity contribution in [1.29, 1.82) is 0 Å². The van der Waals surface area contributed by atoms with Crippen LogP contribution in [0.25, 0.3) is 23.1 Å². The minimum Gasteiger partial charge on any atom is -0.503 e. The van der Waals surface area contributed by atoms with Crippen LogP contribution in [0.3, 0.4) is 0 Å². The van der Waals surface area contributed by atoms with Crippen LogP contribution < -0.4 is 20.4 Å². The first-order valence-corrected chi connectivity index (χ1v) is 11.5. The van der Waals surface area contributed by atoms with E-state index in [4.69, 9.17) is 22.1 Å². The minimum absolute atomic E-state index is 0.0601. The molecule has 2 aromatic carbocycles. The zero-order valence-electron chi connectivity index (χ0n) is 18.9. The number of rotatable bonds is 11. The topological polar surface area (TPSA) is 88.5 Å². The number of hydrogen-bond donors (Lipinski definition) is 3. The molecule has 0 aliphatic heterocycles. The lowest BCUT2D eigenvalue weighted by atomic mass is 10.1. The van der Waals surface area contributed by atoms with Gasteiger partial charge in [0.05, 0.1) is 12.1 Å². The summed E-state index contributed by atoms with van der Waals surface area (Å²) in [5.41, 5.74) is 8.46. The maximum atomic E-state index is 11.8. The number of nitrogens with one attached hydrogen (secondary N) is 1. The first-order chi connectivity index (χ1) is 16.0. The average Bonchev–Trinajstić information content (AvgIpc) is 2.83. The van der Waals surface area contributed by atoms with Crippen molar-refractivity contribution >= 4 is 40.6 Å². The molecule has 0 fully saturated rings. The lowest BCUT2D eigenvalue weighted by Crippen LogP contribution is -2.38. The molecule has 0 radical (unpaired) electrons. The standard InChI is InChI=1S/C26H30ClN3O3/c1-33-24-18-19(17-22(27)26(24)32)10-12-21-13-11-20-7-4-5-8-23(20)30(21)16-6-2-3-9-25(31)29-15-14-28/h4-5,7-8,10-13,17-18H,2-3,6,9,14-16,28H2,1H3,(H,29,31)/p+1. The van der Waals surface area contributed by atoms with E-state index < -0.39 is 0 Å². The molecule has 0 bridgehead atoms. The summed E-state index contributed by atoms with van der Waals surface area (Å²) in [7, 11) is 1.50. The van der Waals surface area contributed by atoms with Crippen molar-refractivity contribution in [3.05, 3.63) is 64.8 Å². The number of nitrogens with two attached hydrogens (primary N) is 1. The maximum Gasteiger partial charge on any atom is 0.220 e. The zero-order valence-corrected chi connectivity index (χ0v) is 19.6. The van der Waals surface area contributed by atoms with Gasteiger partial charge < -0.3 is 20.9 Å². The number of aromatic nitrogens is 1. The van der Waals surface area contributed by atoms with Gasteiger partial charge in [0.1, 0.15) is 6.54 Å². The normalized spacial score (nSPS) is 11.2. The number of unbranched alkanes of at least 4 members (excludes halogenated alkanes) is 2. The summed E-state index contributed by atoms with van der Waals surface area (Å²) in [5, 5.41) is 14.2. The molecule has 1 aromatic heterocycles. The molecule has 1 heterocycles. The van der Waals surface area contributed by atoms with Gasteiger partial charge in [-0.05, 0) is 48.7 Å². The molecule has 3 aromatic rings. The highest BCUT2D eigenvalue weighted by atomic mass is 35.5. The van der Waals surface area contributed by atoms with Gasteiger partial charge in [0.2, 0.25) is 17.1 Å². The predicted molar refractivity (Wildman–Crippen MR) is 133 cm³/mol. The number of halogens is 1. The van der Waals surface area contributed by atoms with Crippen molar-refractivity contribution in [2.24, 2.45) is 5.73 Å². The van der Waals surface area contributed by atoms with Gasteiger partial charge in [0.25, 0.3) is 0 Å². The van der Waals surface area contributed by atoms with Gasteiger partial charge in [-0.15, -0.1) is 0 Å². The van der Waals surface area contributed by atoms with Crippen molar-refractivity contribution in [3.63, 3.8) is 0 Å². The zero-order chi connectivity index (χ0) is 23.6. The number of fused-ring (bicyclic) bond motifs is 1. The number of nitrogens with zero attached hydrogens (tertiary/aromatic N) is 1. The van der Waals surface area contributed by atoms with Crippen LogP contribution in [0.5, 0.6) is 11.5 Å². The van der Waals surface area contributed by atoms with Crippen LogP contribution in [0, 0.1) is 0 Å². The number of aromatic hydroxyl groups is 1. The molecular weight excluding hydrogens is 438 g/mol. The third-order valence-electron chi connectivity index (χ3n) is 5.44. The van der Waals surface area contributed by atoms with E-state index in [-0.39, 0.29) is 16.7 Å². The van der Waals surface area contributed by atoms with Crippen molar-refractivity contribution in [2.75, 3.05) is 20.2 Å². The molecular formula is C26H31ClN3O3+. The Kier molecular flexibility index (Phi) is 9.10. The molecule has 0 unspecified atom stereocenters. The van der Waals surface area contributed by atoms with Gasteiger partial charge in [-0.25, -0.2) is 0 Å². The number of methoxy groups -OCH3 is 1. The molecule has 33 heavy (non-hydrogen) atoms. The molecule has 0 atom stereocenters. The van der Waals surface area contributed by atoms with Crippen LogP contribution in [-0.4, -0.2) is 31.2 Å². The minimum atomic E-state index is -0.0613. The predicted octanol–water partition coefficient (Wildman–Crippen LogP) is 4.30. The number of para-hydroxylation sites is 1. The number of pyridine rings is 1. The quantitative estimate of drug-likeness (QED) is 0.289.